The van der Waals surface area contributed by atoms with Crippen LogP contribution in [-0.2, 0) is 6.61 Å². The maximum atomic E-state index is 13.7. The van der Waals surface area contributed by atoms with Gasteiger partial charge in [-0.2, -0.15) is 0 Å². The minimum atomic E-state index is -0.226. The highest BCUT2D eigenvalue weighted by Crippen LogP contribution is 2.26. The number of nitrogens with zero attached hydrogens (tertiary/aromatic N) is 1. The van der Waals surface area contributed by atoms with E-state index in [2.05, 4.69) is 11.8 Å². The van der Waals surface area contributed by atoms with Gasteiger partial charge in [0.15, 0.2) is 0 Å². The normalized spacial score (nSPS) is 21.0. The summed E-state index contributed by atoms with van der Waals surface area (Å²) >= 11 is 0. The molecule has 0 aliphatic carbocycles. The molecule has 1 saturated heterocycles. The maximum absolute atomic E-state index is 13.7. The Kier molecular flexibility index (Phi) is 2.91. The van der Waals surface area contributed by atoms with Gasteiger partial charge in [0.25, 0.3) is 0 Å². The second-order valence-corrected chi connectivity index (χ2v) is 4.28. The molecule has 1 aliphatic heterocycles. The summed E-state index contributed by atoms with van der Waals surface area (Å²) in [5.74, 6) is 0.414. The SMILES string of the molecule is CC1CCN(c2ccc(CO)cc2F)C1. The van der Waals surface area contributed by atoms with Gasteiger partial charge in [0.2, 0.25) is 0 Å². The molecule has 0 bridgehead atoms. The lowest BCUT2D eigenvalue weighted by atomic mass is 10.2. The van der Waals surface area contributed by atoms with Gasteiger partial charge in [-0.1, -0.05) is 13.0 Å². The standard InChI is InChI=1S/C12H16FNO/c1-9-4-5-14(7-9)12-3-2-10(8-15)6-11(12)13/h2-3,6,9,15H,4-5,7-8H2,1H3. The first-order valence-electron chi connectivity index (χ1n) is 5.35. The first kappa shape index (κ1) is 10.4. The number of aliphatic hydroxyl groups is 1. The fourth-order valence-electron chi connectivity index (χ4n) is 2.06. The van der Waals surface area contributed by atoms with E-state index in [9.17, 15) is 4.39 Å². The van der Waals surface area contributed by atoms with Gasteiger partial charge in [0.1, 0.15) is 5.82 Å². The molecule has 0 amide bonds. The van der Waals surface area contributed by atoms with Gasteiger partial charge in [0, 0.05) is 13.1 Å². The van der Waals surface area contributed by atoms with Crippen LogP contribution in [0.2, 0.25) is 0 Å². The van der Waals surface area contributed by atoms with Gasteiger partial charge in [-0.05, 0) is 30.0 Å². The number of hydrogen-bond donors (Lipinski definition) is 1. The first-order valence-corrected chi connectivity index (χ1v) is 5.35. The Morgan fingerprint density at radius 1 is 1.53 bits per heavy atom. The monoisotopic (exact) mass is 209 g/mol. The van der Waals surface area contributed by atoms with Gasteiger partial charge in [0.05, 0.1) is 12.3 Å². The highest BCUT2D eigenvalue weighted by atomic mass is 19.1. The van der Waals surface area contributed by atoms with Gasteiger partial charge in [-0.15, -0.1) is 0 Å². The number of rotatable bonds is 2. The van der Waals surface area contributed by atoms with Gasteiger partial charge in [-0.25, -0.2) is 4.39 Å². The molecule has 1 unspecified atom stereocenters. The molecular weight excluding hydrogens is 193 g/mol. The van der Waals surface area contributed by atoms with E-state index in [1.807, 2.05) is 0 Å². The number of aliphatic hydroxyl groups excluding tert-OH is 1. The van der Waals surface area contributed by atoms with E-state index in [4.69, 9.17) is 5.11 Å². The number of hydrogen-bond acceptors (Lipinski definition) is 2. The van der Waals surface area contributed by atoms with Crippen molar-refractivity contribution in [3.63, 3.8) is 0 Å². The summed E-state index contributed by atoms with van der Waals surface area (Å²) in [5, 5.41) is 8.88. The molecule has 1 aromatic carbocycles. The van der Waals surface area contributed by atoms with Crippen molar-refractivity contribution >= 4 is 5.69 Å². The summed E-state index contributed by atoms with van der Waals surface area (Å²) in [6, 6.07) is 4.96. The molecule has 3 heteroatoms. The van der Waals surface area contributed by atoms with Crippen LogP contribution in [0.4, 0.5) is 10.1 Å². The van der Waals surface area contributed by atoms with Crippen LogP contribution in [0.3, 0.4) is 0 Å². The molecule has 1 heterocycles. The zero-order chi connectivity index (χ0) is 10.8. The minimum absolute atomic E-state index is 0.104. The molecule has 1 N–H and O–H groups in total. The third-order valence-corrected chi connectivity index (χ3v) is 2.96. The molecule has 1 atom stereocenters. The summed E-state index contributed by atoms with van der Waals surface area (Å²) in [5.41, 5.74) is 1.29. The molecule has 2 rings (SSSR count). The molecule has 82 valence electrons. The Labute approximate surface area is 89.3 Å². The van der Waals surface area contributed by atoms with Crippen molar-refractivity contribution in [1.29, 1.82) is 0 Å². The van der Waals surface area contributed by atoms with Crippen LogP contribution in [0.5, 0.6) is 0 Å². The van der Waals surface area contributed by atoms with E-state index in [0.29, 0.717) is 17.2 Å². The van der Waals surface area contributed by atoms with Gasteiger partial charge in [-0.3, -0.25) is 0 Å². The lowest BCUT2D eigenvalue weighted by Gasteiger charge is -2.19. The van der Waals surface area contributed by atoms with Crippen molar-refractivity contribution in [2.75, 3.05) is 18.0 Å². The predicted molar refractivity (Wildman–Crippen MR) is 58.3 cm³/mol. The Balaban J connectivity index is 2.21. The number of halogens is 1. The van der Waals surface area contributed by atoms with E-state index in [0.717, 1.165) is 19.5 Å². The summed E-state index contributed by atoms with van der Waals surface area (Å²) in [7, 11) is 0. The molecule has 15 heavy (non-hydrogen) atoms. The van der Waals surface area contributed by atoms with Crippen LogP contribution in [0.15, 0.2) is 18.2 Å². The van der Waals surface area contributed by atoms with Crippen LogP contribution >= 0.6 is 0 Å². The largest absolute Gasteiger partial charge is 0.392 e. The third-order valence-electron chi connectivity index (χ3n) is 2.96. The Bertz CT molecular complexity index is 353. The maximum Gasteiger partial charge on any atom is 0.146 e. The zero-order valence-corrected chi connectivity index (χ0v) is 8.91. The summed E-state index contributed by atoms with van der Waals surface area (Å²) in [6.45, 7) is 3.93. The molecule has 1 fully saturated rings. The quantitative estimate of drug-likeness (QED) is 0.806. The average molecular weight is 209 g/mol. The minimum Gasteiger partial charge on any atom is -0.392 e. The van der Waals surface area contributed by atoms with Crippen LogP contribution in [0.1, 0.15) is 18.9 Å². The Hall–Kier alpha value is -1.09. The lowest BCUT2D eigenvalue weighted by Crippen LogP contribution is -2.20. The average Bonchev–Trinajstić information content (AvgIpc) is 2.64. The third kappa shape index (κ3) is 2.12. The van der Waals surface area contributed by atoms with Crippen molar-refractivity contribution in [2.45, 2.75) is 20.0 Å². The highest BCUT2D eigenvalue weighted by Gasteiger charge is 2.21. The molecule has 1 aliphatic rings. The highest BCUT2D eigenvalue weighted by molar-refractivity contribution is 5.50. The fourth-order valence-corrected chi connectivity index (χ4v) is 2.06. The summed E-state index contributed by atoms with van der Waals surface area (Å²) in [4.78, 5) is 2.07. The van der Waals surface area contributed by atoms with Gasteiger partial charge >= 0.3 is 0 Å². The first-order chi connectivity index (χ1) is 7.20. The molecule has 2 nitrogen and oxygen atoms in total. The molecule has 1 aromatic rings. The van der Waals surface area contributed by atoms with Crippen molar-refractivity contribution in [1.82, 2.24) is 0 Å². The fraction of sp³-hybridized carbons (Fsp3) is 0.500. The van der Waals surface area contributed by atoms with Crippen LogP contribution in [0.25, 0.3) is 0 Å². The van der Waals surface area contributed by atoms with Gasteiger partial charge < -0.3 is 10.0 Å². The van der Waals surface area contributed by atoms with Crippen molar-refractivity contribution in [2.24, 2.45) is 5.92 Å². The topological polar surface area (TPSA) is 23.5 Å². The summed E-state index contributed by atoms with van der Waals surface area (Å²) < 4.78 is 13.7. The van der Waals surface area contributed by atoms with Crippen LogP contribution < -0.4 is 4.90 Å². The van der Waals surface area contributed by atoms with Crippen molar-refractivity contribution < 1.29 is 9.50 Å². The molecule has 0 aromatic heterocycles. The second kappa shape index (κ2) is 4.19. The molecule has 0 spiro atoms. The lowest BCUT2D eigenvalue weighted by molar-refractivity contribution is 0.281. The van der Waals surface area contributed by atoms with Crippen molar-refractivity contribution in [3.05, 3.63) is 29.6 Å². The molecule has 0 saturated carbocycles. The second-order valence-electron chi connectivity index (χ2n) is 4.28. The van der Waals surface area contributed by atoms with E-state index >= 15 is 0 Å². The summed E-state index contributed by atoms with van der Waals surface area (Å²) in [6.07, 6.45) is 1.13. The van der Waals surface area contributed by atoms with Crippen LogP contribution in [0, 0.1) is 11.7 Å². The predicted octanol–water partition coefficient (Wildman–Crippen LogP) is 2.16. The van der Waals surface area contributed by atoms with E-state index < -0.39 is 0 Å². The van der Waals surface area contributed by atoms with Crippen LogP contribution in [-0.4, -0.2) is 18.2 Å². The molecule has 0 radical (unpaired) electrons. The smallest absolute Gasteiger partial charge is 0.146 e. The van der Waals surface area contributed by atoms with E-state index in [1.54, 1.807) is 12.1 Å². The Morgan fingerprint density at radius 2 is 2.33 bits per heavy atom. The number of benzene rings is 1. The zero-order valence-electron chi connectivity index (χ0n) is 8.91. The van der Waals surface area contributed by atoms with Crippen molar-refractivity contribution in [3.8, 4) is 0 Å². The Morgan fingerprint density at radius 3 is 2.87 bits per heavy atom. The van der Waals surface area contributed by atoms with E-state index in [1.165, 1.54) is 6.07 Å². The molecular formula is C12H16FNO. The van der Waals surface area contributed by atoms with E-state index in [-0.39, 0.29) is 12.4 Å². The number of anilines is 1.